The summed E-state index contributed by atoms with van der Waals surface area (Å²) in [6.45, 7) is 1.75. The maximum absolute atomic E-state index is 13.5. The van der Waals surface area contributed by atoms with Crippen LogP contribution in [0.2, 0.25) is 0 Å². The van der Waals surface area contributed by atoms with Crippen LogP contribution in [0.15, 0.2) is 17.0 Å². The van der Waals surface area contributed by atoms with Gasteiger partial charge in [0.2, 0.25) is 0 Å². The number of carbonyl (C=O) groups excluding carboxylic acids is 1. The molecule has 0 spiro atoms. The van der Waals surface area contributed by atoms with Crippen LogP contribution in [-0.4, -0.2) is 49.8 Å². The highest BCUT2D eigenvalue weighted by Crippen LogP contribution is 2.41. The summed E-state index contributed by atoms with van der Waals surface area (Å²) in [4.78, 5) is 16.0. The zero-order valence-corrected chi connectivity index (χ0v) is 18.7. The molecule has 3 rings (SSSR count). The fraction of sp³-hybridized carbons (Fsp3) is 0.682. The minimum atomic E-state index is -4.50. The van der Waals surface area contributed by atoms with Gasteiger partial charge < -0.3 is 15.0 Å². The van der Waals surface area contributed by atoms with Gasteiger partial charge in [-0.05, 0) is 63.6 Å². The number of thioether (sulfide) groups is 1. The summed E-state index contributed by atoms with van der Waals surface area (Å²) >= 11 is 1.13. The summed E-state index contributed by atoms with van der Waals surface area (Å²) < 4.78 is 45.2. The number of amides is 1. The van der Waals surface area contributed by atoms with Crippen LogP contribution in [0.1, 0.15) is 60.9 Å². The molecule has 1 aromatic rings. The lowest BCUT2D eigenvalue weighted by atomic mass is 9.70. The molecule has 8 heteroatoms. The molecule has 2 fully saturated rings. The molecule has 1 saturated heterocycles. The summed E-state index contributed by atoms with van der Waals surface area (Å²) in [5, 5.41) is 3.30. The molecule has 4 nitrogen and oxygen atoms in total. The zero-order valence-electron chi connectivity index (χ0n) is 17.9. The van der Waals surface area contributed by atoms with Crippen LogP contribution < -0.4 is 10.1 Å². The minimum Gasteiger partial charge on any atom is -0.496 e. The second kappa shape index (κ2) is 9.39. The van der Waals surface area contributed by atoms with Crippen molar-refractivity contribution in [2.24, 2.45) is 5.92 Å². The molecule has 1 saturated carbocycles. The van der Waals surface area contributed by atoms with E-state index in [1.807, 2.05) is 0 Å². The fourth-order valence-electron chi connectivity index (χ4n) is 5.08. The van der Waals surface area contributed by atoms with Gasteiger partial charge >= 0.3 is 6.18 Å². The lowest BCUT2D eigenvalue weighted by molar-refractivity contribution is -0.137. The Morgan fingerprint density at radius 3 is 2.50 bits per heavy atom. The number of nitrogens with zero attached hydrogens (tertiary/aromatic N) is 1. The third-order valence-corrected chi connectivity index (χ3v) is 7.29. The highest BCUT2D eigenvalue weighted by atomic mass is 32.2. The molecule has 1 atom stereocenters. The number of piperidine rings is 1. The Morgan fingerprint density at radius 1 is 1.23 bits per heavy atom. The number of likely N-dealkylation sites (tertiary alicyclic amines) is 1. The molecule has 1 amide bonds. The van der Waals surface area contributed by atoms with Crippen molar-refractivity contribution in [1.29, 1.82) is 0 Å². The topological polar surface area (TPSA) is 41.6 Å². The number of alkyl halides is 3. The van der Waals surface area contributed by atoms with Crippen LogP contribution in [0.5, 0.6) is 5.75 Å². The van der Waals surface area contributed by atoms with Gasteiger partial charge in [0.15, 0.2) is 0 Å². The Kier molecular flexibility index (Phi) is 7.28. The Morgan fingerprint density at radius 2 is 1.93 bits per heavy atom. The van der Waals surface area contributed by atoms with Crippen molar-refractivity contribution in [3.05, 3.63) is 23.3 Å². The number of benzene rings is 1. The van der Waals surface area contributed by atoms with E-state index in [1.165, 1.54) is 13.5 Å². The normalized spacial score (nSPS) is 23.9. The second-order valence-electron chi connectivity index (χ2n) is 8.54. The van der Waals surface area contributed by atoms with Crippen LogP contribution in [0.25, 0.3) is 0 Å². The molecule has 0 aromatic heterocycles. The van der Waals surface area contributed by atoms with Crippen molar-refractivity contribution in [1.82, 2.24) is 10.2 Å². The summed E-state index contributed by atoms with van der Waals surface area (Å²) in [7, 11) is 3.37. The van der Waals surface area contributed by atoms with Gasteiger partial charge in [-0.1, -0.05) is 19.3 Å². The first-order chi connectivity index (χ1) is 14.2. The summed E-state index contributed by atoms with van der Waals surface area (Å²) in [6.07, 6.45) is 4.76. The third-order valence-electron chi connectivity index (χ3n) is 6.52. The Labute approximate surface area is 180 Å². The number of nitrogens with one attached hydrogen (secondary N) is 1. The van der Waals surface area contributed by atoms with Crippen molar-refractivity contribution >= 4 is 17.7 Å². The predicted molar refractivity (Wildman–Crippen MR) is 113 cm³/mol. The van der Waals surface area contributed by atoms with Gasteiger partial charge in [0.1, 0.15) is 5.75 Å². The van der Waals surface area contributed by atoms with E-state index in [2.05, 4.69) is 17.3 Å². The Hall–Kier alpha value is -1.41. The average molecular weight is 445 g/mol. The Balaban J connectivity index is 1.97. The van der Waals surface area contributed by atoms with Gasteiger partial charge in [-0.2, -0.15) is 13.2 Å². The number of halogens is 3. The smallest absolute Gasteiger partial charge is 0.416 e. The number of methoxy groups -OCH3 is 1. The quantitative estimate of drug-likeness (QED) is 0.633. The van der Waals surface area contributed by atoms with Gasteiger partial charge in [0, 0.05) is 11.4 Å². The molecule has 1 aliphatic heterocycles. The molecule has 168 valence electrons. The van der Waals surface area contributed by atoms with E-state index in [1.54, 1.807) is 6.26 Å². The summed E-state index contributed by atoms with van der Waals surface area (Å²) in [6, 6.07) is 1.97. The lowest BCUT2D eigenvalue weighted by Gasteiger charge is -2.48. The highest BCUT2D eigenvalue weighted by molar-refractivity contribution is 7.98. The molecule has 1 N–H and O–H groups in total. The molecule has 1 aliphatic carbocycles. The van der Waals surface area contributed by atoms with Crippen molar-refractivity contribution in [3.8, 4) is 5.75 Å². The van der Waals surface area contributed by atoms with E-state index in [9.17, 15) is 18.0 Å². The van der Waals surface area contributed by atoms with E-state index in [-0.39, 0.29) is 27.7 Å². The van der Waals surface area contributed by atoms with Crippen LogP contribution in [-0.2, 0) is 6.18 Å². The van der Waals surface area contributed by atoms with Gasteiger partial charge in [0.25, 0.3) is 5.91 Å². The average Bonchev–Trinajstić information content (AvgIpc) is 2.72. The first-order valence-electron chi connectivity index (χ1n) is 10.5. The molecule has 1 heterocycles. The number of likely N-dealkylation sites (N-methyl/N-ethyl adjacent to an activating group) is 1. The fourth-order valence-corrected chi connectivity index (χ4v) is 5.73. The van der Waals surface area contributed by atoms with Crippen LogP contribution in [0.4, 0.5) is 13.2 Å². The van der Waals surface area contributed by atoms with Gasteiger partial charge in [-0.15, -0.1) is 11.8 Å². The van der Waals surface area contributed by atoms with Crippen molar-refractivity contribution in [3.63, 3.8) is 0 Å². The third kappa shape index (κ3) is 4.90. The van der Waals surface area contributed by atoms with E-state index in [0.29, 0.717) is 5.92 Å². The first-order valence-corrected chi connectivity index (χ1v) is 11.8. The Bertz CT molecular complexity index is 740. The van der Waals surface area contributed by atoms with Crippen molar-refractivity contribution < 1.29 is 22.7 Å². The second-order valence-corrected chi connectivity index (χ2v) is 9.39. The van der Waals surface area contributed by atoms with E-state index < -0.39 is 11.7 Å². The van der Waals surface area contributed by atoms with Gasteiger partial charge in [-0.25, -0.2) is 0 Å². The number of ether oxygens (including phenoxy) is 1. The molecule has 0 bridgehead atoms. The monoisotopic (exact) mass is 444 g/mol. The molecule has 30 heavy (non-hydrogen) atoms. The number of hydrogen-bond acceptors (Lipinski definition) is 4. The maximum Gasteiger partial charge on any atom is 0.416 e. The maximum atomic E-state index is 13.5. The molecule has 2 aliphatic rings. The molecule has 0 radical (unpaired) electrons. The predicted octanol–water partition coefficient (Wildman–Crippen LogP) is 5.21. The van der Waals surface area contributed by atoms with E-state index in [0.717, 1.165) is 75.5 Å². The number of rotatable bonds is 5. The molecular weight excluding hydrogens is 413 g/mol. The van der Waals surface area contributed by atoms with E-state index >= 15 is 0 Å². The SMILES string of the molecule is COc1cc(C(F)(F)F)cc(SC)c1C(=O)NC1(C2CCCCC2)CCCN(C)C1. The van der Waals surface area contributed by atoms with Crippen molar-refractivity contribution in [2.75, 3.05) is 33.5 Å². The largest absolute Gasteiger partial charge is 0.496 e. The van der Waals surface area contributed by atoms with Gasteiger partial charge in [0.05, 0.1) is 23.8 Å². The highest BCUT2D eigenvalue weighted by Gasteiger charge is 2.44. The van der Waals surface area contributed by atoms with Crippen molar-refractivity contribution in [2.45, 2.75) is 61.6 Å². The standard InChI is InChI=1S/C22H31F3N2O2S/c1-27-11-7-10-21(14-27,15-8-5-4-6-9-15)26-20(28)19-17(29-2)12-16(22(23,24)25)13-18(19)30-3/h12-13,15H,4-11,14H2,1-3H3,(H,26,28). The summed E-state index contributed by atoms with van der Waals surface area (Å²) in [5.74, 6) is 0.0107. The molecule has 1 aromatic carbocycles. The van der Waals surface area contributed by atoms with Crippen LogP contribution in [0.3, 0.4) is 0 Å². The lowest BCUT2D eigenvalue weighted by Crippen LogP contribution is -2.62. The molecular formula is C22H31F3N2O2S. The number of carbonyl (C=O) groups is 1. The van der Waals surface area contributed by atoms with E-state index in [4.69, 9.17) is 4.74 Å². The van der Waals surface area contributed by atoms with Crippen LogP contribution >= 0.6 is 11.8 Å². The summed E-state index contributed by atoms with van der Waals surface area (Å²) in [5.41, 5.74) is -0.963. The minimum absolute atomic E-state index is 0.0327. The van der Waals surface area contributed by atoms with Crippen LogP contribution in [0, 0.1) is 5.92 Å². The first kappa shape index (κ1) is 23.3. The van der Waals surface area contributed by atoms with Gasteiger partial charge in [-0.3, -0.25) is 4.79 Å². The molecule has 1 unspecified atom stereocenters. The zero-order chi connectivity index (χ0) is 21.9. The number of hydrogen-bond donors (Lipinski definition) is 1.